The highest BCUT2D eigenvalue weighted by molar-refractivity contribution is 7.99. The van der Waals surface area contributed by atoms with E-state index in [0.717, 1.165) is 30.2 Å². The standard InChI is InChI=1S/C20H24N2OS/c1-22-12-14(13-24-20-7-2-3-8-21-20)9-16-10-17-15(11-18(16)22)5-4-6-19(17)23/h2-8,14,16,18,23H,9-13H2,1H3/t14-,16?,18-/m1/s1. The number of aromatic nitrogens is 1. The molecule has 0 radical (unpaired) electrons. The zero-order valence-electron chi connectivity index (χ0n) is 14.1. The smallest absolute Gasteiger partial charge is 0.119 e. The molecule has 1 fully saturated rings. The predicted molar refractivity (Wildman–Crippen MR) is 98.5 cm³/mol. The highest BCUT2D eigenvalue weighted by Gasteiger charge is 2.38. The lowest BCUT2D eigenvalue weighted by Gasteiger charge is -2.46. The van der Waals surface area contributed by atoms with Gasteiger partial charge in [-0.2, -0.15) is 0 Å². The van der Waals surface area contributed by atoms with Crippen molar-refractivity contribution >= 4 is 11.8 Å². The van der Waals surface area contributed by atoms with E-state index >= 15 is 0 Å². The molecule has 1 N–H and O–H groups in total. The Labute approximate surface area is 148 Å². The summed E-state index contributed by atoms with van der Waals surface area (Å²) < 4.78 is 0. The van der Waals surface area contributed by atoms with E-state index in [1.165, 1.54) is 17.5 Å². The topological polar surface area (TPSA) is 36.4 Å². The quantitative estimate of drug-likeness (QED) is 0.866. The molecule has 4 heteroatoms. The molecular weight excluding hydrogens is 316 g/mol. The number of fused-ring (bicyclic) bond motifs is 2. The van der Waals surface area contributed by atoms with Gasteiger partial charge in [-0.15, -0.1) is 11.8 Å². The molecule has 0 amide bonds. The summed E-state index contributed by atoms with van der Waals surface area (Å²) in [6.07, 6.45) is 5.21. The number of phenolic OH excluding ortho intramolecular Hbond substituents is 1. The minimum absolute atomic E-state index is 0.485. The van der Waals surface area contributed by atoms with Gasteiger partial charge in [-0.25, -0.2) is 4.98 Å². The molecule has 1 unspecified atom stereocenters. The molecule has 2 aliphatic rings. The van der Waals surface area contributed by atoms with Crippen LogP contribution < -0.4 is 0 Å². The molecule has 0 spiro atoms. The minimum atomic E-state index is 0.485. The zero-order chi connectivity index (χ0) is 16.5. The van der Waals surface area contributed by atoms with Gasteiger partial charge in [0.25, 0.3) is 0 Å². The van der Waals surface area contributed by atoms with Gasteiger partial charge in [0.2, 0.25) is 0 Å². The van der Waals surface area contributed by atoms with Gasteiger partial charge in [0.1, 0.15) is 5.75 Å². The van der Waals surface area contributed by atoms with Crippen molar-refractivity contribution in [3.63, 3.8) is 0 Å². The molecule has 24 heavy (non-hydrogen) atoms. The van der Waals surface area contributed by atoms with Crippen LogP contribution in [0.4, 0.5) is 0 Å². The first kappa shape index (κ1) is 16.0. The molecule has 1 aliphatic heterocycles. The molecule has 3 nitrogen and oxygen atoms in total. The maximum Gasteiger partial charge on any atom is 0.119 e. The number of aromatic hydroxyl groups is 1. The molecule has 1 saturated heterocycles. The lowest BCUT2D eigenvalue weighted by Crippen LogP contribution is -2.50. The summed E-state index contributed by atoms with van der Waals surface area (Å²) in [6.45, 7) is 1.16. The third-order valence-corrected chi connectivity index (χ3v) is 6.72. The van der Waals surface area contributed by atoms with Crippen LogP contribution in [-0.2, 0) is 12.8 Å². The SMILES string of the molecule is CN1C[C@H](CSc2ccccn2)CC2Cc3c(O)cccc3C[C@H]21. The summed E-state index contributed by atoms with van der Waals surface area (Å²) >= 11 is 1.87. The normalized spacial score (nSPS) is 26.6. The average Bonchev–Trinajstić information content (AvgIpc) is 2.60. The number of piperidine rings is 1. The predicted octanol–water partition coefficient (Wildman–Crippen LogP) is 3.61. The summed E-state index contributed by atoms with van der Waals surface area (Å²) in [4.78, 5) is 6.97. The fourth-order valence-corrected chi connectivity index (χ4v) is 5.35. The van der Waals surface area contributed by atoms with Crippen LogP contribution in [0.5, 0.6) is 5.75 Å². The van der Waals surface area contributed by atoms with Crippen molar-refractivity contribution in [2.24, 2.45) is 11.8 Å². The van der Waals surface area contributed by atoms with Gasteiger partial charge in [0.05, 0.1) is 5.03 Å². The van der Waals surface area contributed by atoms with Crippen LogP contribution in [0.25, 0.3) is 0 Å². The fraction of sp³-hybridized carbons (Fsp3) is 0.450. The van der Waals surface area contributed by atoms with Gasteiger partial charge in [-0.1, -0.05) is 18.2 Å². The third-order valence-electron chi connectivity index (χ3n) is 5.54. The van der Waals surface area contributed by atoms with Gasteiger partial charge >= 0.3 is 0 Å². The zero-order valence-corrected chi connectivity index (χ0v) is 14.9. The molecule has 2 heterocycles. The van der Waals surface area contributed by atoms with Crippen LogP contribution in [0.2, 0.25) is 0 Å². The van der Waals surface area contributed by atoms with E-state index in [4.69, 9.17) is 0 Å². The number of likely N-dealkylation sites (tertiary alicyclic amines) is 1. The van der Waals surface area contributed by atoms with E-state index in [9.17, 15) is 5.11 Å². The lowest BCUT2D eigenvalue weighted by molar-refractivity contribution is 0.0792. The Morgan fingerprint density at radius 2 is 2.12 bits per heavy atom. The van der Waals surface area contributed by atoms with Crippen LogP contribution >= 0.6 is 11.8 Å². The van der Waals surface area contributed by atoms with Crippen LogP contribution in [0.15, 0.2) is 47.6 Å². The molecule has 1 aliphatic carbocycles. The van der Waals surface area contributed by atoms with Crippen molar-refractivity contribution < 1.29 is 5.11 Å². The van der Waals surface area contributed by atoms with Gasteiger partial charge in [0, 0.05) is 24.5 Å². The summed E-state index contributed by atoms with van der Waals surface area (Å²) in [5.74, 6) is 2.95. The molecular formula is C20H24N2OS. The molecule has 1 aromatic carbocycles. The Bertz CT molecular complexity index is 706. The number of hydrogen-bond acceptors (Lipinski definition) is 4. The average molecular weight is 340 g/mol. The Balaban J connectivity index is 1.45. The van der Waals surface area contributed by atoms with Crippen LogP contribution in [-0.4, -0.2) is 40.4 Å². The Kier molecular flexibility index (Phi) is 4.51. The first-order valence-corrected chi connectivity index (χ1v) is 9.73. The maximum absolute atomic E-state index is 10.2. The van der Waals surface area contributed by atoms with Gasteiger partial charge in [-0.05, 0) is 67.5 Å². The molecule has 2 aromatic rings. The highest BCUT2D eigenvalue weighted by Crippen LogP contribution is 2.40. The fourth-order valence-electron chi connectivity index (χ4n) is 4.40. The number of nitrogens with zero attached hydrogens (tertiary/aromatic N) is 2. The van der Waals surface area contributed by atoms with Crippen molar-refractivity contribution in [2.75, 3.05) is 19.3 Å². The van der Waals surface area contributed by atoms with Crippen LogP contribution in [0.3, 0.4) is 0 Å². The maximum atomic E-state index is 10.2. The second kappa shape index (κ2) is 6.77. The number of benzene rings is 1. The van der Waals surface area contributed by atoms with E-state index in [1.807, 2.05) is 36.2 Å². The molecule has 3 atom stereocenters. The van der Waals surface area contributed by atoms with E-state index in [0.29, 0.717) is 23.6 Å². The van der Waals surface area contributed by atoms with Gasteiger partial charge in [0.15, 0.2) is 0 Å². The third kappa shape index (κ3) is 3.17. The summed E-state index contributed by atoms with van der Waals surface area (Å²) in [5, 5.41) is 11.3. The summed E-state index contributed by atoms with van der Waals surface area (Å²) in [5.41, 5.74) is 2.52. The number of phenols is 1. The second-order valence-electron chi connectivity index (χ2n) is 7.17. The first-order valence-electron chi connectivity index (χ1n) is 8.74. The largest absolute Gasteiger partial charge is 0.508 e. The molecule has 126 valence electrons. The number of likely N-dealkylation sites (N-methyl/N-ethyl adjacent to an activating group) is 1. The number of hydrogen-bond donors (Lipinski definition) is 1. The molecule has 0 saturated carbocycles. The van der Waals surface area contributed by atoms with Crippen LogP contribution in [0.1, 0.15) is 17.5 Å². The van der Waals surface area contributed by atoms with Gasteiger partial charge in [-0.3, -0.25) is 0 Å². The minimum Gasteiger partial charge on any atom is -0.508 e. The summed E-state index contributed by atoms with van der Waals surface area (Å²) in [6, 6.07) is 12.7. The first-order chi connectivity index (χ1) is 11.7. The Morgan fingerprint density at radius 3 is 2.96 bits per heavy atom. The van der Waals surface area contributed by atoms with Crippen molar-refractivity contribution in [1.29, 1.82) is 0 Å². The van der Waals surface area contributed by atoms with E-state index in [-0.39, 0.29) is 0 Å². The van der Waals surface area contributed by atoms with Crippen molar-refractivity contribution in [1.82, 2.24) is 9.88 Å². The Morgan fingerprint density at radius 1 is 1.21 bits per heavy atom. The van der Waals surface area contributed by atoms with E-state index < -0.39 is 0 Å². The number of rotatable bonds is 3. The van der Waals surface area contributed by atoms with Gasteiger partial charge < -0.3 is 10.0 Å². The van der Waals surface area contributed by atoms with E-state index in [1.54, 1.807) is 0 Å². The van der Waals surface area contributed by atoms with Crippen LogP contribution in [0, 0.1) is 11.8 Å². The molecule has 1 aromatic heterocycles. The van der Waals surface area contributed by atoms with Crippen molar-refractivity contribution in [3.05, 3.63) is 53.7 Å². The monoisotopic (exact) mass is 340 g/mol. The van der Waals surface area contributed by atoms with Crippen molar-refractivity contribution in [3.8, 4) is 5.75 Å². The number of pyridine rings is 1. The molecule has 0 bridgehead atoms. The highest BCUT2D eigenvalue weighted by atomic mass is 32.2. The lowest BCUT2D eigenvalue weighted by atomic mass is 9.73. The summed E-state index contributed by atoms with van der Waals surface area (Å²) in [7, 11) is 2.27. The van der Waals surface area contributed by atoms with Crippen molar-refractivity contribution in [2.45, 2.75) is 30.3 Å². The van der Waals surface area contributed by atoms with E-state index in [2.05, 4.69) is 35.1 Å². The molecule has 4 rings (SSSR count). The second-order valence-corrected chi connectivity index (χ2v) is 8.21. The number of thioether (sulfide) groups is 1. The Hall–Kier alpha value is -1.52.